The minimum absolute atomic E-state index is 0. The summed E-state index contributed by atoms with van der Waals surface area (Å²) in [6, 6.07) is 13.4. The summed E-state index contributed by atoms with van der Waals surface area (Å²) in [4.78, 5) is 13.2. The first-order chi connectivity index (χ1) is 13.8. The fourth-order valence-electron chi connectivity index (χ4n) is 2.48. The van der Waals surface area contributed by atoms with Crippen LogP contribution in [0.1, 0.15) is 18.3 Å². The molecule has 9 heteroatoms. The lowest BCUT2D eigenvalue weighted by atomic mass is 10.2. The molecule has 1 aromatic carbocycles. The highest BCUT2D eigenvalue weighted by Gasteiger charge is 2.09. The second-order valence-electron chi connectivity index (χ2n) is 5.95. The number of nitrogens with one attached hydrogen (secondary N) is 2. The van der Waals surface area contributed by atoms with Crippen LogP contribution in [-0.2, 0) is 13.0 Å². The maximum absolute atomic E-state index is 5.27. The van der Waals surface area contributed by atoms with Crippen LogP contribution in [0.15, 0.2) is 58.2 Å². The minimum atomic E-state index is 0. The number of guanidine groups is 1. The zero-order valence-corrected chi connectivity index (χ0v) is 18.8. The first kappa shape index (κ1) is 22.6. The van der Waals surface area contributed by atoms with Crippen LogP contribution in [0.4, 0.5) is 0 Å². The van der Waals surface area contributed by atoms with Crippen molar-refractivity contribution in [3.8, 4) is 17.3 Å². The first-order valence-corrected chi connectivity index (χ1v) is 9.17. The third-order valence-corrected chi connectivity index (χ3v) is 3.92. The van der Waals surface area contributed by atoms with Crippen molar-refractivity contribution in [2.75, 3.05) is 20.2 Å². The number of methoxy groups -OCH3 is 1. The molecule has 0 amide bonds. The van der Waals surface area contributed by atoms with Gasteiger partial charge in [0.25, 0.3) is 5.89 Å². The zero-order valence-electron chi connectivity index (χ0n) is 16.5. The predicted molar refractivity (Wildman–Crippen MR) is 122 cm³/mol. The smallest absolute Gasteiger partial charge is 0.276 e. The average Bonchev–Trinajstić information content (AvgIpc) is 3.22. The van der Waals surface area contributed by atoms with E-state index in [9.17, 15) is 0 Å². The summed E-state index contributed by atoms with van der Waals surface area (Å²) in [6.07, 6.45) is 2.31. The Morgan fingerprint density at radius 3 is 2.66 bits per heavy atom. The lowest BCUT2D eigenvalue weighted by Gasteiger charge is -2.10. The van der Waals surface area contributed by atoms with E-state index in [-0.39, 0.29) is 24.0 Å². The van der Waals surface area contributed by atoms with Crippen LogP contribution in [0.5, 0.6) is 5.75 Å². The molecule has 0 saturated heterocycles. The van der Waals surface area contributed by atoms with Gasteiger partial charge in [-0.15, -0.1) is 24.0 Å². The molecule has 0 unspecified atom stereocenters. The average molecular weight is 508 g/mol. The SMILES string of the molecule is CCNC(=NCc1ccc(OC)cc1)NCCc1noc(-c2ccccn2)n1.I. The number of benzene rings is 1. The molecule has 0 aliphatic heterocycles. The molecule has 0 radical (unpaired) electrons. The molecule has 29 heavy (non-hydrogen) atoms. The van der Waals surface area contributed by atoms with E-state index in [4.69, 9.17) is 9.26 Å². The summed E-state index contributed by atoms with van der Waals surface area (Å²) in [5.74, 6) is 2.63. The lowest BCUT2D eigenvalue weighted by Crippen LogP contribution is -2.38. The van der Waals surface area contributed by atoms with Gasteiger partial charge in [-0.2, -0.15) is 4.98 Å². The van der Waals surface area contributed by atoms with Gasteiger partial charge in [0.05, 0.1) is 13.7 Å². The van der Waals surface area contributed by atoms with Gasteiger partial charge in [0.1, 0.15) is 11.4 Å². The highest BCUT2D eigenvalue weighted by Crippen LogP contribution is 2.13. The van der Waals surface area contributed by atoms with Gasteiger partial charge in [-0.05, 0) is 36.8 Å². The zero-order chi connectivity index (χ0) is 19.6. The van der Waals surface area contributed by atoms with Gasteiger partial charge in [0, 0.05) is 25.7 Å². The normalized spacial score (nSPS) is 10.9. The monoisotopic (exact) mass is 508 g/mol. The van der Waals surface area contributed by atoms with Crippen molar-refractivity contribution >= 4 is 29.9 Å². The van der Waals surface area contributed by atoms with E-state index in [1.807, 2.05) is 49.4 Å². The van der Waals surface area contributed by atoms with E-state index in [0.29, 0.717) is 36.9 Å². The molecule has 0 aliphatic rings. The Labute approximate surface area is 187 Å². The van der Waals surface area contributed by atoms with Crippen molar-refractivity contribution in [2.45, 2.75) is 19.9 Å². The largest absolute Gasteiger partial charge is 0.497 e. The molecule has 0 saturated carbocycles. The van der Waals surface area contributed by atoms with Crippen LogP contribution >= 0.6 is 24.0 Å². The molecular formula is C20H25IN6O2. The summed E-state index contributed by atoms with van der Waals surface area (Å²) in [5, 5.41) is 10.5. The molecule has 2 heterocycles. The molecule has 0 spiro atoms. The van der Waals surface area contributed by atoms with Crippen LogP contribution in [-0.4, -0.2) is 41.3 Å². The minimum Gasteiger partial charge on any atom is -0.497 e. The number of rotatable bonds is 8. The summed E-state index contributed by atoms with van der Waals surface area (Å²) in [6.45, 7) is 4.02. The molecule has 3 aromatic rings. The molecule has 3 rings (SSSR count). The Hall–Kier alpha value is -2.69. The number of nitrogens with zero attached hydrogens (tertiary/aromatic N) is 4. The maximum atomic E-state index is 5.27. The molecule has 0 fully saturated rings. The van der Waals surface area contributed by atoms with Gasteiger partial charge in [0.2, 0.25) is 0 Å². The number of pyridine rings is 1. The summed E-state index contributed by atoms with van der Waals surface area (Å²) >= 11 is 0. The van der Waals surface area contributed by atoms with Crippen LogP contribution in [0.25, 0.3) is 11.6 Å². The Balaban J connectivity index is 0.00000300. The van der Waals surface area contributed by atoms with E-state index >= 15 is 0 Å². The Morgan fingerprint density at radius 2 is 1.97 bits per heavy atom. The van der Waals surface area contributed by atoms with Gasteiger partial charge in [-0.25, -0.2) is 4.99 Å². The van der Waals surface area contributed by atoms with Gasteiger partial charge in [-0.1, -0.05) is 23.4 Å². The Kier molecular flexibility index (Phi) is 9.35. The highest BCUT2D eigenvalue weighted by atomic mass is 127. The second kappa shape index (κ2) is 12.0. The van der Waals surface area contributed by atoms with Crippen molar-refractivity contribution in [1.29, 1.82) is 0 Å². The number of ether oxygens (including phenoxy) is 1. The Bertz CT molecular complexity index is 884. The molecule has 2 aromatic heterocycles. The van der Waals surface area contributed by atoms with Gasteiger partial charge in [0.15, 0.2) is 11.8 Å². The lowest BCUT2D eigenvalue weighted by molar-refractivity contribution is 0.414. The molecule has 2 N–H and O–H groups in total. The standard InChI is InChI=1S/C20H24N6O2.HI/c1-3-21-20(24-14-15-7-9-16(27-2)10-8-15)23-13-11-18-25-19(28-26-18)17-6-4-5-12-22-17;/h4-10,12H,3,11,13-14H2,1-2H3,(H2,21,23,24);1H. The fraction of sp³-hybridized carbons (Fsp3) is 0.300. The van der Waals surface area contributed by atoms with Crippen LogP contribution in [0, 0.1) is 0 Å². The topological polar surface area (TPSA) is 97.5 Å². The predicted octanol–water partition coefficient (Wildman–Crippen LogP) is 3.06. The summed E-state index contributed by atoms with van der Waals surface area (Å²) in [5.41, 5.74) is 1.78. The summed E-state index contributed by atoms with van der Waals surface area (Å²) < 4.78 is 10.4. The van der Waals surface area contributed by atoms with Gasteiger partial charge < -0.3 is 19.9 Å². The molecule has 8 nitrogen and oxygen atoms in total. The van der Waals surface area contributed by atoms with Crippen molar-refractivity contribution in [2.24, 2.45) is 4.99 Å². The maximum Gasteiger partial charge on any atom is 0.276 e. The fourth-order valence-corrected chi connectivity index (χ4v) is 2.48. The quantitative estimate of drug-likeness (QED) is 0.274. The van der Waals surface area contributed by atoms with E-state index < -0.39 is 0 Å². The number of aromatic nitrogens is 3. The second-order valence-corrected chi connectivity index (χ2v) is 5.95. The van der Waals surface area contributed by atoms with E-state index in [2.05, 4.69) is 30.8 Å². The Morgan fingerprint density at radius 1 is 1.14 bits per heavy atom. The third-order valence-electron chi connectivity index (χ3n) is 3.92. The molecule has 0 atom stereocenters. The first-order valence-electron chi connectivity index (χ1n) is 9.17. The number of halogens is 1. The molecule has 154 valence electrons. The van der Waals surface area contributed by atoms with E-state index in [0.717, 1.165) is 23.8 Å². The van der Waals surface area contributed by atoms with Crippen LogP contribution < -0.4 is 15.4 Å². The molecule has 0 aliphatic carbocycles. The van der Waals surface area contributed by atoms with Crippen molar-refractivity contribution in [3.05, 3.63) is 60.0 Å². The van der Waals surface area contributed by atoms with Crippen molar-refractivity contribution < 1.29 is 9.26 Å². The number of hydrogen-bond donors (Lipinski definition) is 2. The van der Waals surface area contributed by atoms with Gasteiger partial charge in [-0.3, -0.25) is 4.98 Å². The number of hydrogen-bond acceptors (Lipinski definition) is 6. The van der Waals surface area contributed by atoms with E-state index in [1.54, 1.807) is 13.3 Å². The van der Waals surface area contributed by atoms with Crippen LogP contribution in [0.2, 0.25) is 0 Å². The van der Waals surface area contributed by atoms with Gasteiger partial charge >= 0.3 is 0 Å². The van der Waals surface area contributed by atoms with E-state index in [1.165, 1.54) is 0 Å². The third kappa shape index (κ3) is 7.00. The molecule has 0 bridgehead atoms. The van der Waals surface area contributed by atoms with Crippen molar-refractivity contribution in [3.63, 3.8) is 0 Å². The summed E-state index contributed by atoms with van der Waals surface area (Å²) in [7, 11) is 1.66. The van der Waals surface area contributed by atoms with Crippen LogP contribution in [0.3, 0.4) is 0 Å². The molecular weight excluding hydrogens is 483 g/mol. The number of aliphatic imine (C=N–C) groups is 1. The highest BCUT2D eigenvalue weighted by molar-refractivity contribution is 14.0. The van der Waals surface area contributed by atoms with Crippen molar-refractivity contribution in [1.82, 2.24) is 25.8 Å².